The van der Waals surface area contributed by atoms with Gasteiger partial charge in [-0.2, -0.15) is 0 Å². The Morgan fingerprint density at radius 3 is 2.69 bits per heavy atom. The third-order valence-corrected chi connectivity index (χ3v) is 6.34. The smallest absolute Gasteiger partial charge is 0.327 e. The number of fused-ring (bicyclic) bond motifs is 1. The molecule has 4 aromatic rings. The number of nitrogens with one attached hydrogen (secondary N) is 1. The van der Waals surface area contributed by atoms with Gasteiger partial charge < -0.3 is 9.72 Å². The molecule has 0 radical (unpaired) electrons. The number of benzene rings is 2. The Hall–Kier alpha value is -3.85. The van der Waals surface area contributed by atoms with Crippen molar-refractivity contribution in [2.45, 2.75) is 52.7 Å². The summed E-state index contributed by atoms with van der Waals surface area (Å²) in [4.78, 5) is 30.5. The van der Waals surface area contributed by atoms with Gasteiger partial charge in [-0.25, -0.2) is 4.68 Å². The number of aryl methyl sites for hydroxylation is 1. The maximum absolute atomic E-state index is 13.1. The maximum atomic E-state index is 13.1. The normalized spacial score (nSPS) is 12.2. The first-order valence-corrected chi connectivity index (χ1v) is 12.3. The van der Waals surface area contributed by atoms with E-state index < -0.39 is 5.97 Å². The van der Waals surface area contributed by atoms with Crippen molar-refractivity contribution >= 4 is 16.9 Å². The van der Waals surface area contributed by atoms with Gasteiger partial charge in [0.2, 0.25) is 0 Å². The molecule has 0 amide bonds. The zero-order chi connectivity index (χ0) is 25.5. The molecule has 0 saturated carbocycles. The Labute approximate surface area is 210 Å². The van der Waals surface area contributed by atoms with Crippen molar-refractivity contribution in [2.24, 2.45) is 0 Å². The summed E-state index contributed by atoms with van der Waals surface area (Å²) in [6.45, 7) is 7.13. The van der Waals surface area contributed by atoms with Gasteiger partial charge in [0, 0.05) is 18.7 Å². The fourth-order valence-electron chi connectivity index (χ4n) is 4.52. The van der Waals surface area contributed by atoms with Crippen molar-refractivity contribution in [1.29, 1.82) is 0 Å². The third kappa shape index (κ3) is 5.85. The largest absolute Gasteiger partial charge is 0.465 e. The van der Waals surface area contributed by atoms with Crippen LogP contribution in [0.2, 0.25) is 0 Å². The van der Waals surface area contributed by atoms with Gasteiger partial charge >= 0.3 is 5.97 Å². The first-order chi connectivity index (χ1) is 17.5. The van der Waals surface area contributed by atoms with Gasteiger partial charge in [0.25, 0.3) is 5.56 Å². The van der Waals surface area contributed by atoms with Gasteiger partial charge in [0.1, 0.15) is 6.54 Å². The molecule has 0 aliphatic heterocycles. The first kappa shape index (κ1) is 25.2. The van der Waals surface area contributed by atoms with E-state index in [1.165, 1.54) is 10.2 Å². The summed E-state index contributed by atoms with van der Waals surface area (Å²) in [5.74, 6) is 0.185. The number of esters is 1. The molecular formula is C27H32N6O3. The van der Waals surface area contributed by atoms with Gasteiger partial charge in [-0.15, -0.1) is 5.10 Å². The van der Waals surface area contributed by atoms with E-state index >= 15 is 0 Å². The van der Waals surface area contributed by atoms with Gasteiger partial charge in [0.15, 0.2) is 5.82 Å². The Balaban J connectivity index is 1.67. The Morgan fingerprint density at radius 1 is 1.14 bits per heavy atom. The topological polar surface area (TPSA) is 106 Å². The number of tetrazole rings is 1. The molecule has 0 unspecified atom stereocenters. The number of nitrogens with zero attached hydrogens (tertiary/aromatic N) is 5. The molecule has 1 atom stereocenters. The molecule has 0 spiro atoms. The van der Waals surface area contributed by atoms with Gasteiger partial charge in [0.05, 0.1) is 18.2 Å². The molecule has 2 aromatic carbocycles. The minimum Gasteiger partial charge on any atom is -0.465 e. The number of rotatable bonds is 11. The molecule has 9 nitrogen and oxygen atoms in total. The lowest BCUT2D eigenvalue weighted by atomic mass is 10.1. The summed E-state index contributed by atoms with van der Waals surface area (Å²) >= 11 is 0. The Morgan fingerprint density at radius 2 is 1.94 bits per heavy atom. The van der Waals surface area contributed by atoms with Crippen molar-refractivity contribution < 1.29 is 9.53 Å². The average Bonchev–Trinajstić information content (AvgIpc) is 3.32. The number of hydrogen-bond acceptors (Lipinski definition) is 7. The van der Waals surface area contributed by atoms with Crippen molar-refractivity contribution in [1.82, 2.24) is 30.1 Å². The van der Waals surface area contributed by atoms with E-state index in [0.29, 0.717) is 37.5 Å². The van der Waals surface area contributed by atoms with Crippen LogP contribution in [0.25, 0.3) is 10.9 Å². The standard InChI is InChI=1S/C27H32N6O3/c1-4-23(26-29-30-31-33(26)18-24(34)36-5-2)32(15-14-20-11-7-6-8-12-20)17-22-16-21-13-9-10-19(3)25(21)28-27(22)35/h6-13,16,23H,4-5,14-15,17-18H2,1-3H3,(H,28,35)/t23-/m0/s1. The first-order valence-electron chi connectivity index (χ1n) is 12.3. The van der Waals surface area contributed by atoms with Crippen molar-refractivity contribution in [2.75, 3.05) is 13.2 Å². The lowest BCUT2D eigenvalue weighted by Gasteiger charge is -2.30. The van der Waals surface area contributed by atoms with E-state index in [2.05, 4.69) is 44.5 Å². The lowest BCUT2D eigenvalue weighted by Crippen LogP contribution is -2.34. The molecule has 9 heteroatoms. The lowest BCUT2D eigenvalue weighted by molar-refractivity contribution is -0.144. The van der Waals surface area contributed by atoms with Crippen LogP contribution < -0.4 is 5.56 Å². The van der Waals surface area contributed by atoms with E-state index in [1.54, 1.807) is 6.92 Å². The number of aromatic nitrogens is 5. The van der Waals surface area contributed by atoms with Crippen LogP contribution in [-0.2, 0) is 29.0 Å². The number of H-pyrrole nitrogens is 1. The van der Waals surface area contributed by atoms with Crippen LogP contribution in [0.1, 0.15) is 48.8 Å². The summed E-state index contributed by atoms with van der Waals surface area (Å²) in [6.07, 6.45) is 1.49. The predicted molar refractivity (Wildman–Crippen MR) is 137 cm³/mol. The van der Waals surface area contributed by atoms with Gasteiger partial charge in [-0.05, 0) is 59.7 Å². The Kier molecular flexibility index (Phi) is 8.22. The van der Waals surface area contributed by atoms with Crippen LogP contribution in [0.3, 0.4) is 0 Å². The average molecular weight is 489 g/mol. The zero-order valence-electron chi connectivity index (χ0n) is 21.0. The molecule has 0 bridgehead atoms. The highest BCUT2D eigenvalue weighted by Crippen LogP contribution is 2.25. The third-order valence-electron chi connectivity index (χ3n) is 6.34. The minimum absolute atomic E-state index is 0.0605. The van der Waals surface area contributed by atoms with Crippen LogP contribution in [0.5, 0.6) is 0 Å². The van der Waals surface area contributed by atoms with Crippen LogP contribution in [0, 0.1) is 6.92 Å². The fourth-order valence-corrected chi connectivity index (χ4v) is 4.52. The Bertz CT molecular complexity index is 1360. The number of hydrogen-bond donors (Lipinski definition) is 1. The SMILES string of the molecule is CCOC(=O)Cn1nnnc1[C@H](CC)N(CCc1ccccc1)Cc1cc2cccc(C)c2[nH]c1=O. The number of pyridine rings is 1. The molecule has 0 fully saturated rings. The van der Waals surface area contributed by atoms with Crippen LogP contribution in [-0.4, -0.2) is 49.2 Å². The quantitative estimate of drug-likeness (QED) is 0.322. The van der Waals surface area contributed by atoms with Gasteiger partial charge in [-0.3, -0.25) is 14.5 Å². The number of aromatic amines is 1. The highest BCUT2D eigenvalue weighted by molar-refractivity contribution is 5.81. The highest BCUT2D eigenvalue weighted by atomic mass is 16.5. The molecule has 2 aromatic heterocycles. The van der Waals surface area contributed by atoms with E-state index in [1.807, 2.05) is 49.4 Å². The molecule has 1 N–H and O–H groups in total. The maximum Gasteiger partial charge on any atom is 0.327 e. The van der Waals surface area contributed by atoms with Crippen molar-refractivity contribution in [3.63, 3.8) is 0 Å². The second-order valence-electron chi connectivity index (χ2n) is 8.79. The second-order valence-corrected chi connectivity index (χ2v) is 8.79. The summed E-state index contributed by atoms with van der Waals surface area (Å²) in [5.41, 5.74) is 3.65. The van der Waals surface area contributed by atoms with Crippen LogP contribution in [0.4, 0.5) is 0 Å². The molecular weight excluding hydrogens is 456 g/mol. The van der Waals surface area contributed by atoms with Crippen molar-refractivity contribution in [3.05, 3.63) is 87.5 Å². The number of carbonyl (C=O) groups is 1. The van der Waals surface area contributed by atoms with E-state index in [4.69, 9.17) is 4.74 Å². The summed E-state index contributed by atoms with van der Waals surface area (Å²) < 4.78 is 6.59. The molecule has 0 saturated heterocycles. The molecule has 0 aliphatic carbocycles. The second kappa shape index (κ2) is 11.7. The van der Waals surface area contributed by atoms with E-state index in [-0.39, 0.29) is 18.1 Å². The fraction of sp³-hybridized carbons (Fsp3) is 0.370. The van der Waals surface area contributed by atoms with Gasteiger partial charge in [-0.1, -0.05) is 55.5 Å². The van der Waals surface area contributed by atoms with Crippen LogP contribution in [0.15, 0.2) is 59.4 Å². The molecule has 0 aliphatic rings. The predicted octanol–water partition coefficient (Wildman–Crippen LogP) is 3.58. The van der Waals surface area contributed by atoms with Crippen LogP contribution >= 0.6 is 0 Å². The zero-order valence-corrected chi connectivity index (χ0v) is 21.0. The monoisotopic (exact) mass is 488 g/mol. The summed E-state index contributed by atoms with van der Waals surface area (Å²) in [6, 6.07) is 18.0. The molecule has 188 valence electrons. The molecule has 36 heavy (non-hydrogen) atoms. The number of carbonyl (C=O) groups excluding carboxylic acids is 1. The van der Waals surface area contributed by atoms with E-state index in [0.717, 1.165) is 22.9 Å². The minimum atomic E-state index is -0.391. The number of ether oxygens (including phenoxy) is 1. The van der Waals surface area contributed by atoms with E-state index in [9.17, 15) is 9.59 Å². The summed E-state index contributed by atoms with van der Waals surface area (Å²) in [5, 5.41) is 13.1. The summed E-state index contributed by atoms with van der Waals surface area (Å²) in [7, 11) is 0. The molecule has 4 rings (SSSR count). The number of para-hydroxylation sites is 1. The highest BCUT2D eigenvalue weighted by Gasteiger charge is 2.26. The molecule has 2 heterocycles. The van der Waals surface area contributed by atoms with Crippen molar-refractivity contribution in [3.8, 4) is 0 Å².